The lowest BCUT2D eigenvalue weighted by molar-refractivity contribution is -0.131. The number of pyridine rings is 1. The highest BCUT2D eigenvalue weighted by atomic mass is 127. The molecule has 0 spiro atoms. The molecule has 0 atom stereocenters. The fourth-order valence-corrected chi connectivity index (χ4v) is 4.25. The molecule has 1 saturated heterocycles. The van der Waals surface area contributed by atoms with E-state index in [1.54, 1.807) is 0 Å². The van der Waals surface area contributed by atoms with Crippen molar-refractivity contribution in [2.24, 2.45) is 4.99 Å². The Balaban J connectivity index is 0.00000385. The van der Waals surface area contributed by atoms with Crippen molar-refractivity contribution in [2.45, 2.75) is 58.0 Å². The van der Waals surface area contributed by atoms with Crippen LogP contribution in [0.1, 0.15) is 51.9 Å². The van der Waals surface area contributed by atoms with E-state index in [1.165, 1.54) is 32.1 Å². The number of hydrogen-bond acceptors (Lipinski definition) is 5. The molecule has 9 heteroatoms. The summed E-state index contributed by atoms with van der Waals surface area (Å²) in [5.74, 6) is 1.95. The predicted octanol–water partition coefficient (Wildman–Crippen LogP) is 3.03. The van der Waals surface area contributed by atoms with Crippen LogP contribution in [0.15, 0.2) is 29.4 Å². The second kappa shape index (κ2) is 16.1. The first-order valence-electron chi connectivity index (χ1n) is 12.3. The zero-order chi connectivity index (χ0) is 22.4. The summed E-state index contributed by atoms with van der Waals surface area (Å²) in [5, 5.41) is 6.56. The maximum atomic E-state index is 12.6. The molecule has 1 aromatic rings. The van der Waals surface area contributed by atoms with Gasteiger partial charge in [0.05, 0.1) is 6.10 Å². The Labute approximate surface area is 216 Å². The van der Waals surface area contributed by atoms with Crippen LogP contribution in [-0.4, -0.2) is 80.3 Å². The SMILES string of the molecule is CCNC(=NCCCOC1CCCCC1)NCCC(=O)N1CCN(c2ccccn2)CC1.I. The zero-order valence-corrected chi connectivity index (χ0v) is 22.3. The van der Waals surface area contributed by atoms with Gasteiger partial charge in [0, 0.05) is 65.0 Å². The Bertz CT molecular complexity index is 691. The van der Waals surface area contributed by atoms with Gasteiger partial charge in [-0.3, -0.25) is 9.79 Å². The molecule has 0 unspecified atom stereocenters. The fourth-order valence-electron chi connectivity index (χ4n) is 4.25. The van der Waals surface area contributed by atoms with Gasteiger partial charge in [0.2, 0.25) is 5.91 Å². The van der Waals surface area contributed by atoms with Gasteiger partial charge in [0.25, 0.3) is 0 Å². The number of aliphatic imine (C=N–C) groups is 1. The van der Waals surface area contributed by atoms with Crippen molar-refractivity contribution in [3.8, 4) is 0 Å². The molecule has 0 aromatic carbocycles. The van der Waals surface area contributed by atoms with Crippen LogP contribution in [0.25, 0.3) is 0 Å². The molecular formula is C24H41IN6O2. The summed E-state index contributed by atoms with van der Waals surface area (Å²) in [6.45, 7) is 8.07. The highest BCUT2D eigenvalue weighted by molar-refractivity contribution is 14.0. The molecule has 1 aliphatic heterocycles. The number of hydrogen-bond donors (Lipinski definition) is 2. The van der Waals surface area contributed by atoms with Crippen LogP contribution in [0.5, 0.6) is 0 Å². The van der Waals surface area contributed by atoms with Crippen LogP contribution >= 0.6 is 24.0 Å². The first kappa shape index (κ1) is 27.6. The molecule has 8 nitrogen and oxygen atoms in total. The topological polar surface area (TPSA) is 82.1 Å². The molecule has 2 fully saturated rings. The van der Waals surface area contributed by atoms with Gasteiger partial charge in [-0.2, -0.15) is 0 Å². The van der Waals surface area contributed by atoms with Gasteiger partial charge < -0.3 is 25.2 Å². The molecule has 2 heterocycles. The van der Waals surface area contributed by atoms with E-state index in [4.69, 9.17) is 4.74 Å². The molecule has 0 bridgehead atoms. The van der Waals surface area contributed by atoms with E-state index in [0.29, 0.717) is 19.1 Å². The molecule has 33 heavy (non-hydrogen) atoms. The number of aromatic nitrogens is 1. The van der Waals surface area contributed by atoms with E-state index in [2.05, 4.69) is 32.4 Å². The van der Waals surface area contributed by atoms with Gasteiger partial charge >= 0.3 is 0 Å². The second-order valence-corrected chi connectivity index (χ2v) is 8.48. The predicted molar refractivity (Wildman–Crippen MR) is 144 cm³/mol. The molecule has 2 aliphatic rings. The third kappa shape index (κ3) is 10.0. The minimum absolute atomic E-state index is 0. The smallest absolute Gasteiger partial charge is 0.224 e. The Morgan fingerprint density at radius 2 is 1.94 bits per heavy atom. The van der Waals surface area contributed by atoms with Crippen LogP contribution in [0.3, 0.4) is 0 Å². The van der Waals surface area contributed by atoms with E-state index in [0.717, 1.165) is 64.1 Å². The monoisotopic (exact) mass is 572 g/mol. The lowest BCUT2D eigenvalue weighted by Gasteiger charge is -2.35. The number of anilines is 1. The quantitative estimate of drug-likeness (QED) is 0.194. The average Bonchev–Trinajstić information content (AvgIpc) is 2.85. The summed E-state index contributed by atoms with van der Waals surface area (Å²) in [6, 6.07) is 5.94. The van der Waals surface area contributed by atoms with E-state index in [9.17, 15) is 4.79 Å². The van der Waals surface area contributed by atoms with E-state index in [-0.39, 0.29) is 29.9 Å². The molecular weight excluding hydrogens is 531 g/mol. The molecule has 1 amide bonds. The largest absolute Gasteiger partial charge is 0.378 e. The Morgan fingerprint density at radius 1 is 1.15 bits per heavy atom. The maximum Gasteiger partial charge on any atom is 0.224 e. The van der Waals surface area contributed by atoms with Gasteiger partial charge in [-0.05, 0) is 38.3 Å². The maximum absolute atomic E-state index is 12.6. The summed E-state index contributed by atoms with van der Waals surface area (Å²) in [4.78, 5) is 25.8. The standard InChI is InChI=1S/C24H40N6O2.HI/c1-2-25-24(27-14-8-20-32-21-9-4-3-5-10-21)28-15-12-23(31)30-18-16-29(17-19-30)22-11-6-7-13-26-22;/h6-7,11,13,21H,2-5,8-10,12,14-20H2,1H3,(H2,25,27,28);1H. The van der Waals surface area contributed by atoms with E-state index < -0.39 is 0 Å². The van der Waals surface area contributed by atoms with Crippen LogP contribution in [0, 0.1) is 0 Å². The third-order valence-electron chi connectivity index (χ3n) is 6.06. The summed E-state index contributed by atoms with van der Waals surface area (Å²) in [6.07, 6.45) is 10.0. The highest BCUT2D eigenvalue weighted by Crippen LogP contribution is 2.20. The van der Waals surface area contributed by atoms with Crippen molar-refractivity contribution in [2.75, 3.05) is 57.3 Å². The highest BCUT2D eigenvalue weighted by Gasteiger charge is 2.21. The Kier molecular flexibility index (Phi) is 13.5. The van der Waals surface area contributed by atoms with Crippen LogP contribution in [0.2, 0.25) is 0 Å². The normalized spacial score (nSPS) is 17.4. The number of guanidine groups is 1. The summed E-state index contributed by atoms with van der Waals surface area (Å²) in [7, 11) is 0. The minimum atomic E-state index is 0. The number of halogens is 1. The molecule has 1 aliphatic carbocycles. The molecule has 1 saturated carbocycles. The molecule has 1 aromatic heterocycles. The third-order valence-corrected chi connectivity index (χ3v) is 6.06. The number of ether oxygens (including phenoxy) is 1. The Hall–Kier alpha value is -1.62. The van der Waals surface area contributed by atoms with Crippen molar-refractivity contribution in [1.82, 2.24) is 20.5 Å². The lowest BCUT2D eigenvalue weighted by atomic mass is 9.98. The molecule has 0 radical (unpaired) electrons. The number of amides is 1. The van der Waals surface area contributed by atoms with Gasteiger partial charge in [-0.15, -0.1) is 24.0 Å². The number of carbonyl (C=O) groups is 1. The number of carbonyl (C=O) groups excluding carboxylic acids is 1. The fraction of sp³-hybridized carbons (Fsp3) is 0.708. The van der Waals surface area contributed by atoms with Gasteiger partial charge in [-0.1, -0.05) is 25.3 Å². The summed E-state index contributed by atoms with van der Waals surface area (Å²) in [5.41, 5.74) is 0. The summed E-state index contributed by atoms with van der Waals surface area (Å²) < 4.78 is 5.97. The number of nitrogens with zero attached hydrogens (tertiary/aromatic N) is 4. The number of nitrogens with one attached hydrogen (secondary N) is 2. The van der Waals surface area contributed by atoms with Gasteiger partial charge in [0.1, 0.15) is 5.82 Å². The second-order valence-electron chi connectivity index (χ2n) is 8.48. The Morgan fingerprint density at radius 3 is 2.64 bits per heavy atom. The van der Waals surface area contributed by atoms with Crippen LogP contribution < -0.4 is 15.5 Å². The van der Waals surface area contributed by atoms with Crippen LogP contribution in [-0.2, 0) is 9.53 Å². The van der Waals surface area contributed by atoms with Crippen molar-refractivity contribution in [1.29, 1.82) is 0 Å². The van der Waals surface area contributed by atoms with E-state index >= 15 is 0 Å². The molecule has 186 valence electrons. The zero-order valence-electron chi connectivity index (χ0n) is 20.0. The van der Waals surface area contributed by atoms with Crippen molar-refractivity contribution < 1.29 is 9.53 Å². The lowest BCUT2D eigenvalue weighted by Crippen LogP contribution is -2.49. The minimum Gasteiger partial charge on any atom is -0.378 e. The van der Waals surface area contributed by atoms with Crippen molar-refractivity contribution >= 4 is 41.7 Å². The van der Waals surface area contributed by atoms with E-state index in [1.807, 2.05) is 29.3 Å². The number of rotatable bonds is 10. The van der Waals surface area contributed by atoms with Crippen LogP contribution in [0.4, 0.5) is 5.82 Å². The van der Waals surface area contributed by atoms with Gasteiger partial charge in [0.15, 0.2) is 5.96 Å². The molecule has 2 N–H and O–H groups in total. The van der Waals surface area contributed by atoms with Crippen molar-refractivity contribution in [3.05, 3.63) is 24.4 Å². The first-order valence-corrected chi connectivity index (χ1v) is 12.3. The average molecular weight is 573 g/mol. The van der Waals surface area contributed by atoms with Gasteiger partial charge in [-0.25, -0.2) is 4.98 Å². The van der Waals surface area contributed by atoms with Crippen molar-refractivity contribution in [3.63, 3.8) is 0 Å². The first-order chi connectivity index (χ1) is 15.8. The molecule has 3 rings (SSSR count). The summed E-state index contributed by atoms with van der Waals surface area (Å²) >= 11 is 0. The number of piperazine rings is 1.